The van der Waals surface area contributed by atoms with Crippen molar-refractivity contribution in [3.8, 4) is 0 Å². The molecule has 0 aliphatic carbocycles. The van der Waals surface area contributed by atoms with Crippen LogP contribution in [0.4, 0.5) is 0 Å². The van der Waals surface area contributed by atoms with E-state index >= 15 is 0 Å². The smallest absolute Gasteiger partial charge is 0.228 e. The zero-order chi connectivity index (χ0) is 14.1. The Bertz CT molecular complexity index is 417. The average molecular weight is 276 g/mol. The Labute approximate surface area is 110 Å². The second kappa shape index (κ2) is 5.17. The molecule has 18 heavy (non-hydrogen) atoms. The third-order valence-corrected chi connectivity index (χ3v) is 5.14. The van der Waals surface area contributed by atoms with Crippen LogP contribution in [0.15, 0.2) is 0 Å². The maximum atomic E-state index is 12.3. The lowest BCUT2D eigenvalue weighted by Gasteiger charge is -2.41. The molecule has 0 aromatic heterocycles. The first kappa shape index (κ1) is 15.4. The molecule has 106 valence electrons. The molecule has 0 spiro atoms. The Morgan fingerprint density at radius 2 is 1.89 bits per heavy atom. The molecule has 0 aromatic carbocycles. The lowest BCUT2D eigenvalue weighted by atomic mass is 9.88. The maximum Gasteiger partial charge on any atom is 0.228 e. The summed E-state index contributed by atoms with van der Waals surface area (Å²) < 4.78 is 24.6. The summed E-state index contributed by atoms with van der Waals surface area (Å²) in [7, 11) is -3.17. The second-order valence-electron chi connectivity index (χ2n) is 5.71. The van der Waals surface area contributed by atoms with Gasteiger partial charge in [-0.2, -0.15) is 4.31 Å². The van der Waals surface area contributed by atoms with Crippen molar-refractivity contribution in [2.45, 2.75) is 40.2 Å². The predicted molar refractivity (Wildman–Crippen MR) is 71.7 cm³/mol. The van der Waals surface area contributed by atoms with Crippen LogP contribution in [-0.4, -0.2) is 55.5 Å². The third kappa shape index (κ3) is 3.23. The Balaban J connectivity index is 2.76. The molecule has 1 saturated heterocycles. The highest BCUT2D eigenvalue weighted by Gasteiger charge is 2.36. The van der Waals surface area contributed by atoms with Crippen LogP contribution in [0.2, 0.25) is 0 Å². The van der Waals surface area contributed by atoms with E-state index in [-0.39, 0.29) is 17.4 Å². The van der Waals surface area contributed by atoms with Crippen LogP contribution in [0.25, 0.3) is 0 Å². The SMILES string of the molecule is CCC(C)(C)C(=O)N1CCN(S(C)(=O)=O)[C@@H](C)C1. The molecule has 1 rings (SSSR count). The molecule has 1 aliphatic rings. The van der Waals surface area contributed by atoms with Crippen LogP contribution in [0.1, 0.15) is 34.1 Å². The third-order valence-electron chi connectivity index (χ3n) is 3.74. The number of sulfonamides is 1. The van der Waals surface area contributed by atoms with Crippen LogP contribution < -0.4 is 0 Å². The first-order valence-electron chi connectivity index (χ1n) is 6.36. The summed E-state index contributed by atoms with van der Waals surface area (Å²) in [6.07, 6.45) is 2.00. The van der Waals surface area contributed by atoms with Gasteiger partial charge in [0, 0.05) is 31.1 Å². The summed E-state index contributed by atoms with van der Waals surface area (Å²) in [4.78, 5) is 14.1. The van der Waals surface area contributed by atoms with Crippen molar-refractivity contribution in [1.29, 1.82) is 0 Å². The van der Waals surface area contributed by atoms with Crippen LogP contribution in [-0.2, 0) is 14.8 Å². The van der Waals surface area contributed by atoms with Crippen LogP contribution >= 0.6 is 0 Å². The molecule has 1 atom stereocenters. The van der Waals surface area contributed by atoms with Gasteiger partial charge < -0.3 is 4.90 Å². The molecular formula is C12H24N2O3S. The fraction of sp³-hybridized carbons (Fsp3) is 0.917. The van der Waals surface area contributed by atoms with E-state index in [2.05, 4.69) is 0 Å². The van der Waals surface area contributed by atoms with Crippen LogP contribution in [0.3, 0.4) is 0 Å². The van der Waals surface area contributed by atoms with Crippen molar-refractivity contribution < 1.29 is 13.2 Å². The number of nitrogens with zero attached hydrogens (tertiary/aromatic N) is 2. The Morgan fingerprint density at radius 3 is 2.28 bits per heavy atom. The average Bonchev–Trinajstić information content (AvgIpc) is 2.26. The molecule has 1 aliphatic heterocycles. The normalized spacial score (nSPS) is 23.2. The van der Waals surface area contributed by atoms with Gasteiger partial charge in [0.1, 0.15) is 0 Å². The summed E-state index contributed by atoms with van der Waals surface area (Å²) in [6, 6.07) is -0.148. The zero-order valence-corrected chi connectivity index (χ0v) is 12.7. The fourth-order valence-electron chi connectivity index (χ4n) is 2.20. The predicted octanol–water partition coefficient (Wildman–Crippen LogP) is 0.915. The quantitative estimate of drug-likeness (QED) is 0.770. The second-order valence-corrected chi connectivity index (χ2v) is 7.65. The summed E-state index contributed by atoms with van der Waals surface area (Å²) in [5.41, 5.74) is -0.368. The summed E-state index contributed by atoms with van der Waals surface area (Å²) in [5.74, 6) is 0.116. The molecule has 0 bridgehead atoms. The molecule has 1 heterocycles. The number of carbonyl (C=O) groups excluding carboxylic acids is 1. The van der Waals surface area contributed by atoms with E-state index in [0.29, 0.717) is 19.6 Å². The molecule has 0 unspecified atom stereocenters. The highest BCUT2D eigenvalue weighted by molar-refractivity contribution is 7.88. The largest absolute Gasteiger partial charge is 0.339 e. The summed E-state index contributed by atoms with van der Waals surface area (Å²) >= 11 is 0. The van der Waals surface area contributed by atoms with E-state index in [9.17, 15) is 13.2 Å². The molecule has 0 aromatic rings. The maximum absolute atomic E-state index is 12.3. The molecular weight excluding hydrogens is 252 g/mol. The van der Waals surface area contributed by atoms with Gasteiger partial charge in [0.25, 0.3) is 0 Å². The number of carbonyl (C=O) groups is 1. The first-order chi connectivity index (χ1) is 8.09. The van der Waals surface area contributed by atoms with Gasteiger partial charge in [0.15, 0.2) is 0 Å². The highest BCUT2D eigenvalue weighted by Crippen LogP contribution is 2.25. The summed E-state index contributed by atoms with van der Waals surface area (Å²) in [6.45, 7) is 9.07. The molecule has 5 nitrogen and oxygen atoms in total. The van der Waals surface area contributed by atoms with Crippen molar-refractivity contribution in [3.05, 3.63) is 0 Å². The van der Waals surface area contributed by atoms with Gasteiger partial charge in [-0.05, 0) is 13.3 Å². The van der Waals surface area contributed by atoms with E-state index in [1.54, 1.807) is 4.90 Å². The van der Waals surface area contributed by atoms with Crippen molar-refractivity contribution in [1.82, 2.24) is 9.21 Å². The van der Waals surface area contributed by atoms with Gasteiger partial charge in [0.2, 0.25) is 15.9 Å². The Morgan fingerprint density at radius 1 is 1.33 bits per heavy atom. The molecule has 0 N–H and O–H groups in total. The number of rotatable bonds is 3. The van der Waals surface area contributed by atoms with Gasteiger partial charge in [-0.3, -0.25) is 4.79 Å². The van der Waals surface area contributed by atoms with Gasteiger partial charge in [-0.1, -0.05) is 20.8 Å². The van der Waals surface area contributed by atoms with E-state index in [0.717, 1.165) is 6.42 Å². The van der Waals surface area contributed by atoms with E-state index in [1.807, 2.05) is 27.7 Å². The standard InChI is InChI=1S/C12H24N2O3S/c1-6-12(3,4)11(15)13-7-8-14(10(2)9-13)18(5,16)17/h10H,6-9H2,1-5H3/t10-/m0/s1. The minimum absolute atomic E-state index is 0.116. The minimum Gasteiger partial charge on any atom is -0.339 e. The molecule has 1 amide bonds. The van der Waals surface area contributed by atoms with Crippen LogP contribution in [0, 0.1) is 5.41 Å². The molecule has 1 fully saturated rings. The minimum atomic E-state index is -3.17. The number of hydrogen-bond acceptors (Lipinski definition) is 3. The fourth-order valence-corrected chi connectivity index (χ4v) is 3.33. The number of hydrogen-bond donors (Lipinski definition) is 0. The first-order valence-corrected chi connectivity index (χ1v) is 8.20. The van der Waals surface area contributed by atoms with Crippen molar-refractivity contribution in [2.24, 2.45) is 5.41 Å². The topological polar surface area (TPSA) is 57.7 Å². The zero-order valence-electron chi connectivity index (χ0n) is 11.9. The number of amides is 1. The molecule has 0 saturated carbocycles. The van der Waals surface area contributed by atoms with Gasteiger partial charge in [-0.15, -0.1) is 0 Å². The van der Waals surface area contributed by atoms with Gasteiger partial charge in [-0.25, -0.2) is 8.42 Å². The van der Waals surface area contributed by atoms with Crippen molar-refractivity contribution >= 4 is 15.9 Å². The van der Waals surface area contributed by atoms with Gasteiger partial charge >= 0.3 is 0 Å². The Kier molecular flexibility index (Phi) is 4.43. The van der Waals surface area contributed by atoms with Crippen molar-refractivity contribution in [3.63, 3.8) is 0 Å². The highest BCUT2D eigenvalue weighted by atomic mass is 32.2. The lowest BCUT2D eigenvalue weighted by molar-refractivity contribution is -0.142. The molecule has 6 heteroatoms. The number of piperazine rings is 1. The van der Waals surface area contributed by atoms with E-state index < -0.39 is 10.0 Å². The van der Waals surface area contributed by atoms with E-state index in [4.69, 9.17) is 0 Å². The summed E-state index contributed by atoms with van der Waals surface area (Å²) in [5, 5.41) is 0. The lowest BCUT2D eigenvalue weighted by Crippen LogP contribution is -2.57. The van der Waals surface area contributed by atoms with Crippen LogP contribution in [0.5, 0.6) is 0 Å². The van der Waals surface area contributed by atoms with E-state index in [1.165, 1.54) is 10.6 Å². The Hall–Kier alpha value is -0.620. The monoisotopic (exact) mass is 276 g/mol. The molecule has 0 radical (unpaired) electrons. The van der Waals surface area contributed by atoms with Crippen molar-refractivity contribution in [2.75, 3.05) is 25.9 Å². The van der Waals surface area contributed by atoms with Gasteiger partial charge in [0.05, 0.1) is 6.26 Å².